The van der Waals surface area contributed by atoms with Crippen LogP contribution in [0.3, 0.4) is 0 Å². The zero-order valence-corrected chi connectivity index (χ0v) is 20.3. The number of nitrogens with one attached hydrogen (secondary N) is 1. The molecule has 1 aliphatic carbocycles. The molecule has 2 atom stereocenters. The summed E-state index contributed by atoms with van der Waals surface area (Å²) in [6, 6.07) is 8.66. The summed E-state index contributed by atoms with van der Waals surface area (Å²) >= 11 is 6.80. The molecule has 12 heteroatoms. The zero-order valence-electron chi connectivity index (χ0n) is 17.9. The third kappa shape index (κ3) is 6.36. The summed E-state index contributed by atoms with van der Waals surface area (Å²) < 4.78 is 41.3. The fourth-order valence-electron chi connectivity index (χ4n) is 3.99. The Bertz CT molecular complexity index is 1300. The van der Waals surface area contributed by atoms with Gasteiger partial charge in [0.2, 0.25) is 5.78 Å². The highest BCUT2D eigenvalue weighted by atomic mass is 35.5. The van der Waals surface area contributed by atoms with E-state index in [0.29, 0.717) is 29.2 Å². The van der Waals surface area contributed by atoms with E-state index in [1.54, 1.807) is 24.3 Å². The van der Waals surface area contributed by atoms with Crippen LogP contribution >= 0.6 is 22.9 Å². The van der Waals surface area contributed by atoms with E-state index in [1.165, 1.54) is 12.5 Å². The Hall–Kier alpha value is -2.44. The highest BCUT2D eigenvalue weighted by molar-refractivity contribution is 7.84. The van der Waals surface area contributed by atoms with Gasteiger partial charge in [-0.05, 0) is 48.9 Å². The van der Waals surface area contributed by atoms with Crippen LogP contribution in [0, 0.1) is 11.0 Å². The molecule has 0 spiro atoms. The molecule has 0 saturated heterocycles. The number of halogens is 2. The van der Waals surface area contributed by atoms with Crippen molar-refractivity contribution in [3.63, 3.8) is 0 Å². The number of hydrogen-bond donors (Lipinski definition) is 2. The number of nitrogens with zero attached hydrogens (tertiary/aromatic N) is 2. The Labute approximate surface area is 205 Å². The minimum atomic E-state index is -3.98. The second-order valence-electron chi connectivity index (χ2n) is 8.13. The maximum absolute atomic E-state index is 14.6. The van der Waals surface area contributed by atoms with Gasteiger partial charge >= 0.3 is 10.3 Å². The minimum absolute atomic E-state index is 0.0104. The molecule has 8 nitrogen and oxygen atoms in total. The first-order valence-corrected chi connectivity index (χ1v) is 13.2. The summed E-state index contributed by atoms with van der Waals surface area (Å²) in [6.45, 7) is 0.0104. The molecular formula is C22H22ClFN4O4S2. The zero-order chi connectivity index (χ0) is 24.3. The summed E-state index contributed by atoms with van der Waals surface area (Å²) in [5, 5.41) is 8.27. The summed E-state index contributed by atoms with van der Waals surface area (Å²) in [4.78, 5) is 21.6. The smallest absolute Gasteiger partial charge is 0.333 e. The van der Waals surface area contributed by atoms with E-state index in [0.717, 1.165) is 29.7 Å². The summed E-state index contributed by atoms with van der Waals surface area (Å²) in [5.41, 5.74) is 1.49. The average molecular weight is 525 g/mol. The first-order valence-electron chi connectivity index (χ1n) is 10.5. The predicted octanol–water partition coefficient (Wildman–Crippen LogP) is 3.95. The summed E-state index contributed by atoms with van der Waals surface area (Å²) in [6.07, 6.45) is 5.16. The van der Waals surface area contributed by atoms with E-state index >= 15 is 0 Å². The van der Waals surface area contributed by atoms with Crippen LogP contribution < -0.4 is 10.5 Å². The Kier molecular flexibility index (Phi) is 7.58. The minimum Gasteiger partial charge on any atom is -0.367 e. The fourth-order valence-corrected chi connectivity index (χ4v) is 5.45. The fraction of sp³-hybridized carbons (Fsp3) is 0.318. The molecule has 1 saturated carbocycles. The lowest BCUT2D eigenvalue weighted by molar-refractivity contribution is 0.104. The molecule has 3 aromatic rings. The molecule has 1 aliphatic rings. The van der Waals surface area contributed by atoms with Crippen LogP contribution in [-0.2, 0) is 20.9 Å². The number of anilines is 1. The lowest BCUT2D eigenvalue weighted by atomic mass is 10.1. The van der Waals surface area contributed by atoms with E-state index in [2.05, 4.69) is 15.3 Å². The standard InChI is InChI=1S/C22H22ClFN4O4S2/c23-16-3-1-2-13(7-16)6-15-9-19(33-21(15)24)20(29)18-10-26-12-27-22(18)28-17-5-4-14(8-17)11-32-34(25,30)31/h1-3,7,9-10,12,14,17H,4-6,8,11H2,(H2,25,30,31)(H,26,27,28)/t14-,17+/m1/s1. The van der Waals surface area contributed by atoms with Crippen LogP contribution in [-0.4, -0.2) is 36.8 Å². The Balaban J connectivity index is 1.46. The average Bonchev–Trinajstić information content (AvgIpc) is 3.38. The van der Waals surface area contributed by atoms with Gasteiger partial charge in [-0.15, -0.1) is 11.3 Å². The van der Waals surface area contributed by atoms with Crippen molar-refractivity contribution in [1.29, 1.82) is 0 Å². The van der Waals surface area contributed by atoms with E-state index in [4.69, 9.17) is 20.9 Å². The number of hydrogen-bond acceptors (Lipinski definition) is 8. The van der Waals surface area contributed by atoms with Gasteiger partial charge in [-0.25, -0.2) is 15.1 Å². The second kappa shape index (κ2) is 10.4. The molecule has 2 aromatic heterocycles. The Morgan fingerprint density at radius 1 is 1.32 bits per heavy atom. The number of carbonyl (C=O) groups is 1. The Morgan fingerprint density at radius 2 is 2.15 bits per heavy atom. The normalized spacial score (nSPS) is 18.2. The quantitative estimate of drug-likeness (QED) is 0.406. The van der Waals surface area contributed by atoms with E-state index in [9.17, 15) is 17.6 Å². The van der Waals surface area contributed by atoms with Gasteiger partial charge in [-0.1, -0.05) is 23.7 Å². The van der Waals surface area contributed by atoms with Crippen LogP contribution in [0.1, 0.15) is 45.6 Å². The number of benzene rings is 1. The van der Waals surface area contributed by atoms with Crippen LogP contribution in [0.2, 0.25) is 5.02 Å². The monoisotopic (exact) mass is 524 g/mol. The number of ketones is 1. The molecular weight excluding hydrogens is 503 g/mol. The molecule has 180 valence electrons. The molecule has 34 heavy (non-hydrogen) atoms. The topological polar surface area (TPSA) is 124 Å². The van der Waals surface area contributed by atoms with E-state index in [-0.39, 0.29) is 34.8 Å². The number of rotatable bonds is 9. The van der Waals surface area contributed by atoms with Crippen molar-refractivity contribution in [3.8, 4) is 0 Å². The molecule has 1 aromatic carbocycles. The van der Waals surface area contributed by atoms with Gasteiger partial charge in [0.05, 0.1) is 17.0 Å². The van der Waals surface area contributed by atoms with Crippen LogP contribution in [0.5, 0.6) is 0 Å². The van der Waals surface area contributed by atoms with Crippen LogP contribution in [0.4, 0.5) is 10.2 Å². The van der Waals surface area contributed by atoms with Gasteiger partial charge in [0, 0.05) is 29.2 Å². The van der Waals surface area contributed by atoms with E-state index < -0.39 is 15.4 Å². The van der Waals surface area contributed by atoms with Crippen LogP contribution in [0.25, 0.3) is 0 Å². The first-order chi connectivity index (χ1) is 16.2. The van der Waals surface area contributed by atoms with Crippen molar-refractivity contribution in [1.82, 2.24) is 9.97 Å². The van der Waals surface area contributed by atoms with Crippen molar-refractivity contribution >= 4 is 44.8 Å². The third-order valence-electron chi connectivity index (χ3n) is 5.57. The molecule has 4 rings (SSSR count). The lowest BCUT2D eigenvalue weighted by Crippen LogP contribution is -2.22. The van der Waals surface area contributed by atoms with Crippen LogP contribution in [0.15, 0.2) is 42.9 Å². The summed E-state index contributed by atoms with van der Waals surface area (Å²) in [7, 11) is -3.98. The molecule has 1 fully saturated rings. The molecule has 3 N–H and O–H groups in total. The summed E-state index contributed by atoms with van der Waals surface area (Å²) in [5.74, 6) is -0.0167. The molecule has 0 radical (unpaired) electrons. The largest absolute Gasteiger partial charge is 0.367 e. The lowest BCUT2D eigenvalue weighted by Gasteiger charge is -2.15. The van der Waals surface area contributed by atoms with Crippen molar-refractivity contribution in [3.05, 3.63) is 74.6 Å². The second-order valence-corrected chi connectivity index (χ2v) is 10.8. The van der Waals surface area contributed by atoms with Crippen molar-refractivity contribution in [2.75, 3.05) is 11.9 Å². The van der Waals surface area contributed by atoms with Gasteiger partial charge < -0.3 is 5.32 Å². The molecule has 0 amide bonds. The first kappa shape index (κ1) is 24.7. The van der Waals surface area contributed by atoms with Crippen molar-refractivity contribution < 1.29 is 21.8 Å². The van der Waals surface area contributed by atoms with Gasteiger partial charge in [-0.3, -0.25) is 8.98 Å². The van der Waals surface area contributed by atoms with Crippen molar-refractivity contribution in [2.24, 2.45) is 11.1 Å². The van der Waals surface area contributed by atoms with Crippen molar-refractivity contribution in [2.45, 2.75) is 31.7 Å². The van der Waals surface area contributed by atoms with E-state index in [1.807, 2.05) is 6.07 Å². The van der Waals surface area contributed by atoms with Gasteiger partial charge in [0.1, 0.15) is 12.1 Å². The number of nitrogens with two attached hydrogens (primary N) is 1. The Morgan fingerprint density at radius 3 is 2.91 bits per heavy atom. The molecule has 2 heterocycles. The maximum atomic E-state index is 14.6. The number of aromatic nitrogens is 2. The highest BCUT2D eigenvalue weighted by Gasteiger charge is 2.28. The van der Waals surface area contributed by atoms with Gasteiger partial charge in [0.15, 0.2) is 5.13 Å². The molecule has 0 bridgehead atoms. The molecule has 0 aliphatic heterocycles. The number of thiophene rings is 1. The SMILES string of the molecule is NS(=O)(=O)OC[C@@H]1CC[C@H](Nc2ncncc2C(=O)c2cc(Cc3cccc(Cl)c3)c(F)s2)C1. The van der Waals surface area contributed by atoms with Gasteiger partial charge in [-0.2, -0.15) is 12.8 Å². The maximum Gasteiger partial charge on any atom is 0.333 e. The predicted molar refractivity (Wildman–Crippen MR) is 128 cm³/mol. The molecule has 0 unspecified atom stereocenters. The third-order valence-corrected chi connectivity index (χ3v) is 7.24. The highest BCUT2D eigenvalue weighted by Crippen LogP contribution is 2.31. The van der Waals surface area contributed by atoms with Gasteiger partial charge in [0.25, 0.3) is 0 Å². The number of carbonyl (C=O) groups excluding carboxylic acids is 1.